The largest absolute Gasteiger partial charge is 0.481 e. The van der Waals surface area contributed by atoms with Crippen molar-refractivity contribution in [2.45, 2.75) is 17.7 Å². The highest BCUT2D eigenvalue weighted by atomic mass is 32.2. The van der Waals surface area contributed by atoms with Crippen molar-refractivity contribution in [2.75, 3.05) is 36.0 Å². The van der Waals surface area contributed by atoms with Crippen LogP contribution in [0.15, 0.2) is 12.1 Å². The molecule has 8 heteroatoms. The Morgan fingerprint density at radius 2 is 2.04 bits per heavy atom. The lowest BCUT2D eigenvalue weighted by molar-refractivity contribution is -0.140. The normalized spacial score (nSPS) is 28.9. The summed E-state index contributed by atoms with van der Waals surface area (Å²) in [6, 6.07) is 2.94. The Morgan fingerprint density at radius 1 is 1.33 bits per heavy atom. The second-order valence-corrected chi connectivity index (χ2v) is 7.71. The van der Waals surface area contributed by atoms with Crippen molar-refractivity contribution in [3.05, 3.63) is 23.5 Å². The van der Waals surface area contributed by atoms with Gasteiger partial charge in [0, 0.05) is 31.7 Å². The van der Waals surface area contributed by atoms with Gasteiger partial charge in [0.25, 0.3) is 0 Å². The van der Waals surface area contributed by atoms with Gasteiger partial charge in [0.1, 0.15) is 11.7 Å². The van der Waals surface area contributed by atoms with Gasteiger partial charge in [0.05, 0.1) is 22.1 Å². The third kappa shape index (κ3) is 2.20. The number of hydrogen-bond donors (Lipinski definition) is 2. The maximum absolute atomic E-state index is 14.6. The number of rotatable bonds is 2. The summed E-state index contributed by atoms with van der Waals surface area (Å²) in [4.78, 5) is 28.0. The van der Waals surface area contributed by atoms with E-state index < -0.39 is 28.9 Å². The smallest absolute Gasteiger partial charge is 0.317 e. The van der Waals surface area contributed by atoms with Crippen molar-refractivity contribution in [1.82, 2.24) is 5.32 Å². The molecule has 3 aliphatic rings. The summed E-state index contributed by atoms with van der Waals surface area (Å²) < 4.78 is 14.6. The molecule has 24 heavy (non-hydrogen) atoms. The lowest BCUT2D eigenvalue weighted by Crippen LogP contribution is -2.60. The Labute approximate surface area is 143 Å². The van der Waals surface area contributed by atoms with E-state index in [1.807, 2.05) is 16.7 Å². The number of nitrogens with zero attached hydrogens (tertiary/aromatic N) is 2. The molecule has 3 aliphatic heterocycles. The number of carboxylic acids is 1. The number of carboxylic acid groups (broad SMARTS) is 1. The first-order valence-electron chi connectivity index (χ1n) is 7.99. The summed E-state index contributed by atoms with van der Waals surface area (Å²) in [7, 11) is 0. The molecule has 3 heterocycles. The van der Waals surface area contributed by atoms with Crippen LogP contribution in [0.1, 0.15) is 17.3 Å². The summed E-state index contributed by atoms with van der Waals surface area (Å²) in [6.07, 6.45) is 0. The summed E-state index contributed by atoms with van der Waals surface area (Å²) in [5, 5.41) is 12.3. The fraction of sp³-hybridized carbons (Fsp3) is 0.500. The zero-order valence-corrected chi connectivity index (χ0v) is 14.0. The van der Waals surface area contributed by atoms with Crippen LogP contribution in [0.2, 0.25) is 0 Å². The predicted octanol–water partition coefficient (Wildman–Crippen LogP) is 1.36. The van der Waals surface area contributed by atoms with Crippen LogP contribution in [0.5, 0.6) is 0 Å². The number of anilines is 2. The summed E-state index contributed by atoms with van der Waals surface area (Å²) in [5.74, 6) is -3.24. The van der Waals surface area contributed by atoms with Crippen LogP contribution in [0.25, 0.3) is 0 Å². The molecule has 4 rings (SSSR count). The molecule has 2 fully saturated rings. The van der Waals surface area contributed by atoms with Crippen LogP contribution < -0.4 is 15.1 Å². The molecule has 0 amide bonds. The molecule has 1 aromatic rings. The molecule has 2 N–H and O–H groups in total. The molecule has 3 atom stereocenters. The zero-order chi connectivity index (χ0) is 17.0. The average Bonchev–Trinajstić information content (AvgIpc) is 2.55. The van der Waals surface area contributed by atoms with Gasteiger partial charge in [-0.25, -0.2) is 4.39 Å². The molecule has 0 aromatic heterocycles. The van der Waals surface area contributed by atoms with Crippen LogP contribution in [-0.4, -0.2) is 53.8 Å². The minimum Gasteiger partial charge on any atom is -0.481 e. The number of piperazine rings is 1. The number of fused-ring (bicyclic) bond motifs is 3. The maximum atomic E-state index is 14.6. The minimum atomic E-state index is -1.15. The third-order valence-corrected chi connectivity index (χ3v) is 6.30. The van der Waals surface area contributed by atoms with Gasteiger partial charge in [0.2, 0.25) is 0 Å². The van der Waals surface area contributed by atoms with Gasteiger partial charge in [-0.3, -0.25) is 9.59 Å². The van der Waals surface area contributed by atoms with Crippen LogP contribution in [0.3, 0.4) is 0 Å². The Kier molecular flexibility index (Phi) is 3.69. The number of nitrogens with one attached hydrogen (secondary N) is 1. The number of benzene rings is 1. The molecule has 128 valence electrons. The summed E-state index contributed by atoms with van der Waals surface area (Å²) >= 11 is 1.47. The minimum absolute atomic E-state index is 0.0741. The second-order valence-electron chi connectivity index (χ2n) is 6.27. The number of ketones is 1. The lowest BCUT2D eigenvalue weighted by Gasteiger charge is -2.53. The van der Waals surface area contributed by atoms with Gasteiger partial charge in [-0.05, 0) is 19.1 Å². The highest BCUT2D eigenvalue weighted by Crippen LogP contribution is 2.51. The molecule has 0 bridgehead atoms. The number of carbonyl (C=O) groups excluding carboxylic acids is 1. The highest BCUT2D eigenvalue weighted by molar-refractivity contribution is 8.02. The van der Waals surface area contributed by atoms with Gasteiger partial charge in [-0.2, -0.15) is 0 Å². The van der Waals surface area contributed by atoms with Crippen molar-refractivity contribution in [2.24, 2.45) is 5.92 Å². The monoisotopic (exact) mass is 351 g/mol. The van der Waals surface area contributed by atoms with Gasteiger partial charge >= 0.3 is 5.97 Å². The molecule has 0 aliphatic carbocycles. The molecule has 2 saturated heterocycles. The van der Waals surface area contributed by atoms with E-state index >= 15 is 0 Å². The fourth-order valence-corrected chi connectivity index (χ4v) is 5.10. The molecule has 3 unspecified atom stereocenters. The van der Waals surface area contributed by atoms with Crippen LogP contribution in [0, 0.1) is 11.7 Å². The number of Topliss-reactive ketones (excluding diaryl/α,β-unsaturated/α-hetero) is 1. The number of thioether (sulfide) groups is 1. The maximum Gasteiger partial charge on any atom is 0.317 e. The van der Waals surface area contributed by atoms with Crippen LogP contribution >= 0.6 is 11.8 Å². The van der Waals surface area contributed by atoms with Gasteiger partial charge in [-0.15, -0.1) is 11.8 Å². The van der Waals surface area contributed by atoms with Gasteiger partial charge < -0.3 is 20.2 Å². The highest BCUT2D eigenvalue weighted by Gasteiger charge is 2.53. The SMILES string of the molecule is CC1SC2C(C(=O)O)C(=O)c3cc(F)c(N4CCNCC4)cc3N12. The molecule has 0 radical (unpaired) electrons. The Morgan fingerprint density at radius 3 is 2.67 bits per heavy atom. The van der Waals surface area contributed by atoms with Crippen LogP contribution in [0.4, 0.5) is 15.8 Å². The van der Waals surface area contributed by atoms with E-state index in [0.717, 1.165) is 13.1 Å². The fourth-order valence-electron chi connectivity index (χ4n) is 3.69. The average molecular weight is 351 g/mol. The molecular weight excluding hydrogens is 333 g/mol. The zero-order valence-electron chi connectivity index (χ0n) is 13.2. The first kappa shape index (κ1) is 15.7. The Balaban J connectivity index is 1.79. The van der Waals surface area contributed by atoms with E-state index in [4.69, 9.17) is 0 Å². The molecule has 6 nitrogen and oxygen atoms in total. The van der Waals surface area contributed by atoms with E-state index in [1.165, 1.54) is 17.8 Å². The second kappa shape index (κ2) is 5.63. The predicted molar refractivity (Wildman–Crippen MR) is 90.3 cm³/mol. The first-order chi connectivity index (χ1) is 11.5. The van der Waals surface area contributed by atoms with E-state index in [1.54, 1.807) is 6.07 Å². The van der Waals surface area contributed by atoms with Crippen molar-refractivity contribution in [1.29, 1.82) is 0 Å². The molecule has 1 aromatic carbocycles. The third-order valence-electron chi connectivity index (χ3n) is 4.90. The molecule has 0 spiro atoms. The molecule has 0 saturated carbocycles. The first-order valence-corrected chi connectivity index (χ1v) is 8.93. The van der Waals surface area contributed by atoms with E-state index in [9.17, 15) is 19.1 Å². The summed E-state index contributed by atoms with van der Waals surface area (Å²) in [6.45, 7) is 4.95. The lowest BCUT2D eigenvalue weighted by atomic mass is 9.89. The van der Waals surface area contributed by atoms with Crippen molar-refractivity contribution in [3.8, 4) is 0 Å². The summed E-state index contributed by atoms with van der Waals surface area (Å²) in [5.41, 5.74) is 1.32. The van der Waals surface area contributed by atoms with Crippen molar-refractivity contribution in [3.63, 3.8) is 0 Å². The Bertz CT molecular complexity index is 723. The van der Waals surface area contributed by atoms with E-state index in [-0.39, 0.29) is 10.9 Å². The Hall–Kier alpha value is -1.80. The quantitative estimate of drug-likeness (QED) is 0.780. The van der Waals surface area contributed by atoms with E-state index in [2.05, 4.69) is 5.32 Å². The van der Waals surface area contributed by atoms with Crippen molar-refractivity contribution >= 4 is 34.9 Å². The van der Waals surface area contributed by atoms with Gasteiger partial charge in [0.15, 0.2) is 5.78 Å². The van der Waals surface area contributed by atoms with Crippen LogP contribution in [-0.2, 0) is 4.79 Å². The number of carbonyl (C=O) groups is 2. The van der Waals surface area contributed by atoms with E-state index in [0.29, 0.717) is 24.5 Å². The number of halogens is 1. The molecular formula is C16H18FN3O3S. The topological polar surface area (TPSA) is 72.9 Å². The number of aliphatic carboxylic acids is 1. The van der Waals surface area contributed by atoms with Crippen molar-refractivity contribution < 1.29 is 19.1 Å². The van der Waals surface area contributed by atoms with Gasteiger partial charge in [-0.1, -0.05) is 0 Å². The number of hydrogen-bond acceptors (Lipinski definition) is 6. The standard InChI is InChI=1S/C16H18FN3O3S/c1-8-20-11-7-12(19-4-2-18-3-5-19)10(17)6-9(11)14(21)13(16(22)23)15(20)24-8/h6-8,13,15,18H,2-5H2,1H3,(H,22,23).